The molecule has 0 amide bonds. The highest BCUT2D eigenvalue weighted by atomic mass is 32.1. The average molecular weight is 303 g/mol. The van der Waals surface area contributed by atoms with Crippen LogP contribution in [0.2, 0.25) is 0 Å². The molecule has 1 N–H and O–H groups in total. The Labute approximate surface area is 132 Å². The molecule has 0 bridgehead atoms. The van der Waals surface area contributed by atoms with Crippen molar-refractivity contribution in [2.75, 3.05) is 27.2 Å². The van der Waals surface area contributed by atoms with E-state index in [0.29, 0.717) is 6.04 Å². The quantitative estimate of drug-likeness (QED) is 0.812. The fraction of sp³-hybridized carbons (Fsp3) is 0.471. The molecule has 4 heteroatoms. The zero-order chi connectivity index (χ0) is 15.1. The van der Waals surface area contributed by atoms with Crippen molar-refractivity contribution in [2.45, 2.75) is 25.8 Å². The molecule has 1 aromatic heterocycles. The number of rotatable bonds is 8. The lowest BCUT2D eigenvalue weighted by atomic mass is 10.0. The van der Waals surface area contributed by atoms with Gasteiger partial charge in [0.05, 0.1) is 10.7 Å². The second-order valence-electron chi connectivity index (χ2n) is 5.51. The minimum absolute atomic E-state index is 0.347. The molecule has 1 atom stereocenters. The molecule has 1 heterocycles. The summed E-state index contributed by atoms with van der Waals surface area (Å²) < 4.78 is 0. The summed E-state index contributed by atoms with van der Waals surface area (Å²) in [5, 5.41) is 7.01. The highest BCUT2D eigenvalue weighted by molar-refractivity contribution is 7.09. The van der Waals surface area contributed by atoms with E-state index in [4.69, 9.17) is 4.98 Å². The Morgan fingerprint density at radius 2 is 2.00 bits per heavy atom. The van der Waals surface area contributed by atoms with Gasteiger partial charge in [-0.25, -0.2) is 4.98 Å². The van der Waals surface area contributed by atoms with Gasteiger partial charge in [0.25, 0.3) is 0 Å². The third kappa shape index (κ3) is 5.23. The van der Waals surface area contributed by atoms with Crippen LogP contribution in [-0.2, 0) is 12.8 Å². The van der Waals surface area contributed by atoms with Gasteiger partial charge in [0, 0.05) is 30.8 Å². The van der Waals surface area contributed by atoms with E-state index in [0.717, 1.165) is 25.9 Å². The molecule has 0 saturated carbocycles. The molecular formula is C17H25N3S. The highest BCUT2D eigenvalue weighted by Gasteiger charge is 2.13. The van der Waals surface area contributed by atoms with Crippen LogP contribution in [0.5, 0.6) is 0 Å². The van der Waals surface area contributed by atoms with E-state index in [1.807, 2.05) is 0 Å². The Kier molecular flexibility index (Phi) is 6.36. The van der Waals surface area contributed by atoms with Crippen molar-refractivity contribution in [3.63, 3.8) is 0 Å². The van der Waals surface area contributed by atoms with Crippen LogP contribution in [0.15, 0.2) is 35.7 Å². The molecule has 0 saturated heterocycles. The molecule has 0 fully saturated rings. The first-order valence-electron chi connectivity index (χ1n) is 7.55. The fourth-order valence-electron chi connectivity index (χ4n) is 2.33. The van der Waals surface area contributed by atoms with Gasteiger partial charge in [0.2, 0.25) is 0 Å². The van der Waals surface area contributed by atoms with Crippen LogP contribution in [0, 0.1) is 0 Å². The van der Waals surface area contributed by atoms with Crippen LogP contribution >= 0.6 is 11.3 Å². The predicted octanol–water partition coefficient (Wildman–Crippen LogP) is 3.14. The van der Waals surface area contributed by atoms with Gasteiger partial charge in [-0.15, -0.1) is 11.3 Å². The largest absolute Gasteiger partial charge is 0.310 e. The molecule has 0 aliphatic carbocycles. The number of likely N-dealkylation sites (N-methyl/N-ethyl adjacent to an activating group) is 2. The molecule has 114 valence electrons. The summed E-state index contributed by atoms with van der Waals surface area (Å²) in [6.07, 6.45) is 1.99. The Morgan fingerprint density at radius 1 is 1.24 bits per heavy atom. The van der Waals surface area contributed by atoms with E-state index < -0.39 is 0 Å². The smallest absolute Gasteiger partial charge is 0.0941 e. The molecule has 0 spiro atoms. The van der Waals surface area contributed by atoms with Crippen molar-refractivity contribution in [1.82, 2.24) is 15.2 Å². The van der Waals surface area contributed by atoms with Gasteiger partial charge >= 0.3 is 0 Å². The van der Waals surface area contributed by atoms with Crippen LogP contribution in [0.4, 0.5) is 0 Å². The number of hydrogen-bond donors (Lipinski definition) is 1. The maximum Gasteiger partial charge on any atom is 0.0941 e. The van der Waals surface area contributed by atoms with Gasteiger partial charge in [-0.05, 0) is 26.2 Å². The molecule has 0 radical (unpaired) electrons. The first-order chi connectivity index (χ1) is 10.2. The van der Waals surface area contributed by atoms with Gasteiger partial charge in [-0.3, -0.25) is 0 Å². The summed E-state index contributed by atoms with van der Waals surface area (Å²) in [7, 11) is 4.20. The summed E-state index contributed by atoms with van der Waals surface area (Å²) >= 11 is 1.78. The zero-order valence-electron chi connectivity index (χ0n) is 13.2. The van der Waals surface area contributed by atoms with Crippen LogP contribution in [0.3, 0.4) is 0 Å². The maximum absolute atomic E-state index is 4.78. The molecule has 3 nitrogen and oxygen atoms in total. The normalized spacial score (nSPS) is 12.8. The Morgan fingerprint density at radius 3 is 2.67 bits per heavy atom. The average Bonchev–Trinajstić information content (AvgIpc) is 2.93. The number of nitrogens with zero attached hydrogens (tertiary/aromatic N) is 2. The third-order valence-electron chi connectivity index (χ3n) is 3.44. The second-order valence-corrected chi connectivity index (χ2v) is 6.45. The van der Waals surface area contributed by atoms with Crippen molar-refractivity contribution in [2.24, 2.45) is 0 Å². The molecule has 2 aromatic rings. The summed E-state index contributed by atoms with van der Waals surface area (Å²) in [4.78, 5) is 6.98. The van der Waals surface area contributed by atoms with Crippen LogP contribution in [-0.4, -0.2) is 37.1 Å². The number of benzene rings is 1. The summed E-state index contributed by atoms with van der Waals surface area (Å²) in [6, 6.07) is 11.0. The number of nitrogens with one attached hydrogen (secondary N) is 1. The number of hydrogen-bond acceptors (Lipinski definition) is 4. The Balaban J connectivity index is 2.00. The van der Waals surface area contributed by atoms with Gasteiger partial charge in [0.1, 0.15) is 0 Å². The highest BCUT2D eigenvalue weighted by Crippen LogP contribution is 2.20. The van der Waals surface area contributed by atoms with E-state index in [2.05, 4.69) is 66.9 Å². The van der Waals surface area contributed by atoms with E-state index in [1.54, 1.807) is 11.3 Å². The van der Waals surface area contributed by atoms with Gasteiger partial charge in [0.15, 0.2) is 0 Å². The topological polar surface area (TPSA) is 28.2 Å². The first kappa shape index (κ1) is 16.1. The van der Waals surface area contributed by atoms with Crippen molar-refractivity contribution in [3.8, 4) is 0 Å². The van der Waals surface area contributed by atoms with Crippen molar-refractivity contribution in [3.05, 3.63) is 52.0 Å². The molecule has 1 unspecified atom stereocenters. The first-order valence-corrected chi connectivity index (χ1v) is 8.43. The zero-order valence-corrected chi connectivity index (χ0v) is 14.0. The summed E-state index contributed by atoms with van der Waals surface area (Å²) in [6.45, 7) is 4.18. The molecular weight excluding hydrogens is 278 g/mol. The lowest BCUT2D eigenvalue weighted by molar-refractivity contribution is 0.413. The maximum atomic E-state index is 4.78. The fourth-order valence-corrected chi connectivity index (χ4v) is 3.13. The van der Waals surface area contributed by atoms with Crippen LogP contribution < -0.4 is 5.32 Å². The Hall–Kier alpha value is -1.23. The van der Waals surface area contributed by atoms with Crippen LogP contribution in [0.25, 0.3) is 0 Å². The lowest BCUT2D eigenvalue weighted by Gasteiger charge is -2.17. The Bertz CT molecular complexity index is 522. The van der Waals surface area contributed by atoms with E-state index >= 15 is 0 Å². The van der Waals surface area contributed by atoms with Crippen molar-refractivity contribution in [1.29, 1.82) is 0 Å². The van der Waals surface area contributed by atoms with Gasteiger partial charge in [-0.2, -0.15) is 0 Å². The van der Waals surface area contributed by atoms with E-state index in [1.165, 1.54) is 16.3 Å². The lowest BCUT2D eigenvalue weighted by Crippen LogP contribution is -2.23. The van der Waals surface area contributed by atoms with E-state index in [9.17, 15) is 0 Å². The minimum Gasteiger partial charge on any atom is -0.310 e. The molecule has 0 aliphatic rings. The van der Waals surface area contributed by atoms with Gasteiger partial charge in [-0.1, -0.05) is 37.3 Å². The SMILES string of the molecule is CCNC(Cc1csc(CCN(C)C)n1)c1ccccc1. The van der Waals surface area contributed by atoms with Gasteiger partial charge < -0.3 is 10.2 Å². The number of thiazole rings is 1. The molecule has 0 aliphatic heterocycles. The summed E-state index contributed by atoms with van der Waals surface area (Å²) in [5.74, 6) is 0. The molecule has 1 aromatic carbocycles. The van der Waals surface area contributed by atoms with Crippen molar-refractivity contribution < 1.29 is 0 Å². The number of aromatic nitrogens is 1. The summed E-state index contributed by atoms with van der Waals surface area (Å²) in [5.41, 5.74) is 2.53. The van der Waals surface area contributed by atoms with E-state index in [-0.39, 0.29) is 0 Å². The standard InChI is InChI=1S/C17H25N3S/c1-4-18-16(14-8-6-5-7-9-14)12-15-13-21-17(19-15)10-11-20(2)3/h5-9,13,16,18H,4,10-12H2,1-3H3. The molecule has 21 heavy (non-hydrogen) atoms. The predicted molar refractivity (Wildman–Crippen MR) is 90.9 cm³/mol. The van der Waals surface area contributed by atoms with Crippen molar-refractivity contribution >= 4 is 11.3 Å². The molecule has 2 rings (SSSR count). The monoisotopic (exact) mass is 303 g/mol. The van der Waals surface area contributed by atoms with Crippen LogP contribution in [0.1, 0.15) is 29.2 Å². The minimum atomic E-state index is 0.347. The second kappa shape index (κ2) is 8.27. The third-order valence-corrected chi connectivity index (χ3v) is 4.40.